The van der Waals surface area contributed by atoms with Gasteiger partial charge >= 0.3 is 5.97 Å². The Morgan fingerprint density at radius 1 is 1.12 bits per heavy atom. The normalized spacial score (nSPS) is 13.3. The van der Waals surface area contributed by atoms with E-state index in [-0.39, 0.29) is 12.6 Å². The summed E-state index contributed by atoms with van der Waals surface area (Å²) < 4.78 is 16.4. The maximum Gasteiger partial charge on any atom is 0.348 e. The molecule has 1 aromatic heterocycles. The molecule has 0 saturated carbocycles. The minimum atomic E-state index is -0.403. The number of carbonyl (C=O) groups excluding carboxylic acids is 1. The molecule has 0 spiro atoms. The van der Waals surface area contributed by atoms with Crippen LogP contribution < -0.4 is 4.74 Å². The number of esters is 1. The van der Waals surface area contributed by atoms with Crippen molar-refractivity contribution in [3.8, 4) is 5.75 Å². The van der Waals surface area contributed by atoms with Gasteiger partial charge in [-0.25, -0.2) is 4.79 Å². The highest BCUT2D eigenvalue weighted by molar-refractivity contribution is 7.11. The van der Waals surface area contributed by atoms with Gasteiger partial charge in [-0.2, -0.15) is 0 Å². The summed E-state index contributed by atoms with van der Waals surface area (Å²) in [4.78, 5) is 12.3. The van der Waals surface area contributed by atoms with Gasteiger partial charge in [-0.3, -0.25) is 0 Å². The SMILES string of the molecule is CCC(C)c1ccc(OC(C)OCCOC(=O)c2cccs2)cc1. The van der Waals surface area contributed by atoms with E-state index in [9.17, 15) is 4.79 Å². The van der Waals surface area contributed by atoms with E-state index in [0.29, 0.717) is 17.4 Å². The first-order valence-electron chi connectivity index (χ1n) is 8.19. The van der Waals surface area contributed by atoms with Crippen LogP contribution in [0.3, 0.4) is 0 Å². The lowest BCUT2D eigenvalue weighted by Gasteiger charge is -2.16. The first-order valence-corrected chi connectivity index (χ1v) is 9.07. The summed E-state index contributed by atoms with van der Waals surface area (Å²) in [6.07, 6.45) is 0.712. The van der Waals surface area contributed by atoms with Gasteiger partial charge < -0.3 is 14.2 Å². The van der Waals surface area contributed by atoms with E-state index in [4.69, 9.17) is 14.2 Å². The van der Waals surface area contributed by atoms with Crippen molar-refractivity contribution in [3.05, 3.63) is 52.2 Å². The van der Waals surface area contributed by atoms with Crippen LogP contribution >= 0.6 is 11.3 Å². The van der Waals surface area contributed by atoms with E-state index in [1.807, 2.05) is 30.5 Å². The highest BCUT2D eigenvalue weighted by Crippen LogP contribution is 2.22. The van der Waals surface area contributed by atoms with Crippen molar-refractivity contribution in [1.82, 2.24) is 0 Å². The highest BCUT2D eigenvalue weighted by Gasteiger charge is 2.09. The predicted molar refractivity (Wildman–Crippen MR) is 95.8 cm³/mol. The molecule has 1 heterocycles. The van der Waals surface area contributed by atoms with Crippen molar-refractivity contribution in [2.75, 3.05) is 13.2 Å². The van der Waals surface area contributed by atoms with Crippen LogP contribution in [0.5, 0.6) is 5.75 Å². The summed E-state index contributed by atoms with van der Waals surface area (Å²) in [5.41, 5.74) is 1.30. The Labute approximate surface area is 147 Å². The quantitative estimate of drug-likeness (QED) is 0.369. The number of hydrogen-bond donors (Lipinski definition) is 0. The van der Waals surface area contributed by atoms with E-state index in [0.717, 1.165) is 12.2 Å². The summed E-state index contributed by atoms with van der Waals surface area (Å²) in [5.74, 6) is 0.999. The lowest BCUT2D eigenvalue weighted by Crippen LogP contribution is -2.20. The molecular formula is C19H24O4S. The molecule has 0 aliphatic carbocycles. The van der Waals surface area contributed by atoms with Crippen LogP contribution in [-0.4, -0.2) is 25.5 Å². The maximum absolute atomic E-state index is 11.7. The Balaban J connectivity index is 1.67. The van der Waals surface area contributed by atoms with Crippen molar-refractivity contribution in [3.63, 3.8) is 0 Å². The summed E-state index contributed by atoms with van der Waals surface area (Å²) >= 11 is 1.36. The maximum atomic E-state index is 11.7. The largest absolute Gasteiger partial charge is 0.465 e. The van der Waals surface area contributed by atoms with Crippen LogP contribution in [0.15, 0.2) is 41.8 Å². The monoisotopic (exact) mass is 348 g/mol. The van der Waals surface area contributed by atoms with Crippen LogP contribution in [0, 0.1) is 0 Å². The number of ether oxygens (including phenoxy) is 3. The molecule has 2 atom stereocenters. The van der Waals surface area contributed by atoms with Gasteiger partial charge in [-0.15, -0.1) is 11.3 Å². The standard InChI is InChI=1S/C19H24O4S/c1-4-14(2)16-7-9-17(10-8-16)23-15(3)21-11-12-22-19(20)18-6-5-13-24-18/h5-10,13-15H,4,11-12H2,1-3H3. The molecule has 0 radical (unpaired) electrons. The Morgan fingerprint density at radius 2 is 1.88 bits per heavy atom. The van der Waals surface area contributed by atoms with Crippen LogP contribution in [0.2, 0.25) is 0 Å². The van der Waals surface area contributed by atoms with Gasteiger partial charge in [0.2, 0.25) is 0 Å². The lowest BCUT2D eigenvalue weighted by atomic mass is 9.99. The molecular weight excluding hydrogens is 324 g/mol. The molecule has 4 nitrogen and oxygen atoms in total. The van der Waals surface area contributed by atoms with Gasteiger partial charge in [0.05, 0.1) is 6.61 Å². The molecule has 0 saturated heterocycles. The average molecular weight is 348 g/mol. The fourth-order valence-corrected chi connectivity index (χ4v) is 2.77. The predicted octanol–water partition coefficient (Wildman–Crippen LogP) is 4.86. The number of thiophene rings is 1. The third-order valence-electron chi connectivity index (χ3n) is 3.75. The van der Waals surface area contributed by atoms with E-state index in [2.05, 4.69) is 26.0 Å². The molecule has 0 aliphatic heterocycles. The molecule has 5 heteroatoms. The summed E-state index contributed by atoms with van der Waals surface area (Å²) in [7, 11) is 0. The molecule has 0 fully saturated rings. The zero-order valence-corrected chi connectivity index (χ0v) is 15.2. The Kier molecular flexibility index (Phi) is 7.28. The minimum Gasteiger partial charge on any atom is -0.465 e. The zero-order chi connectivity index (χ0) is 17.4. The minimum absolute atomic E-state index is 0.206. The third-order valence-corrected chi connectivity index (χ3v) is 4.60. The summed E-state index contributed by atoms with van der Waals surface area (Å²) in [5, 5.41) is 1.84. The smallest absolute Gasteiger partial charge is 0.348 e. The lowest BCUT2D eigenvalue weighted by molar-refractivity contribution is -0.0783. The van der Waals surface area contributed by atoms with Crippen LogP contribution in [0.4, 0.5) is 0 Å². The van der Waals surface area contributed by atoms with Gasteiger partial charge in [0.25, 0.3) is 0 Å². The van der Waals surface area contributed by atoms with Crippen molar-refractivity contribution in [2.45, 2.75) is 39.4 Å². The van der Waals surface area contributed by atoms with Crippen LogP contribution in [0.25, 0.3) is 0 Å². The van der Waals surface area contributed by atoms with Gasteiger partial charge in [-0.05, 0) is 48.4 Å². The van der Waals surface area contributed by atoms with Gasteiger partial charge in [0, 0.05) is 0 Å². The second-order valence-electron chi connectivity index (χ2n) is 5.55. The summed E-state index contributed by atoms with van der Waals surface area (Å²) in [6, 6.07) is 11.6. The highest BCUT2D eigenvalue weighted by atomic mass is 32.1. The number of hydrogen-bond acceptors (Lipinski definition) is 5. The van der Waals surface area contributed by atoms with E-state index < -0.39 is 6.29 Å². The van der Waals surface area contributed by atoms with Gasteiger partial charge in [0.15, 0.2) is 6.29 Å². The molecule has 0 bridgehead atoms. The third kappa shape index (κ3) is 5.65. The number of benzene rings is 1. The molecule has 0 aliphatic rings. The molecule has 1 aromatic carbocycles. The van der Waals surface area contributed by atoms with Crippen molar-refractivity contribution >= 4 is 17.3 Å². The molecule has 24 heavy (non-hydrogen) atoms. The van der Waals surface area contributed by atoms with Gasteiger partial charge in [0.1, 0.15) is 17.2 Å². The second-order valence-corrected chi connectivity index (χ2v) is 6.50. The second kappa shape index (κ2) is 9.45. The first kappa shape index (κ1) is 18.5. The van der Waals surface area contributed by atoms with E-state index in [1.165, 1.54) is 16.9 Å². The van der Waals surface area contributed by atoms with Crippen molar-refractivity contribution < 1.29 is 19.0 Å². The average Bonchev–Trinajstić information content (AvgIpc) is 3.13. The van der Waals surface area contributed by atoms with Crippen LogP contribution in [-0.2, 0) is 9.47 Å². The van der Waals surface area contributed by atoms with Crippen molar-refractivity contribution in [2.24, 2.45) is 0 Å². The topological polar surface area (TPSA) is 44.8 Å². The summed E-state index contributed by atoms with van der Waals surface area (Å²) in [6.45, 7) is 6.71. The molecule has 0 N–H and O–H groups in total. The molecule has 0 amide bonds. The molecule has 2 unspecified atom stereocenters. The Bertz CT molecular complexity index is 607. The molecule has 2 rings (SSSR count). The molecule has 130 valence electrons. The molecule has 2 aromatic rings. The van der Waals surface area contributed by atoms with E-state index >= 15 is 0 Å². The number of carbonyl (C=O) groups is 1. The van der Waals surface area contributed by atoms with Gasteiger partial charge in [-0.1, -0.05) is 32.0 Å². The zero-order valence-electron chi connectivity index (χ0n) is 14.4. The fraction of sp³-hybridized carbons (Fsp3) is 0.421. The number of rotatable bonds is 9. The Hall–Kier alpha value is -1.85. The fourth-order valence-electron chi connectivity index (χ4n) is 2.15. The first-order chi connectivity index (χ1) is 11.6. The van der Waals surface area contributed by atoms with Crippen molar-refractivity contribution in [1.29, 1.82) is 0 Å². The van der Waals surface area contributed by atoms with E-state index in [1.54, 1.807) is 6.07 Å². The van der Waals surface area contributed by atoms with Crippen LogP contribution in [0.1, 0.15) is 48.3 Å². The Morgan fingerprint density at radius 3 is 2.50 bits per heavy atom.